The molecule has 1 unspecified atom stereocenters. The summed E-state index contributed by atoms with van der Waals surface area (Å²) in [5.41, 5.74) is -0.304. The monoisotopic (exact) mass is 475 g/mol. The molecule has 1 aromatic heterocycles. The maximum atomic E-state index is 13.1. The standard InChI is InChI=1S/C20H21ClF3N3O3S/c1-13(14-4-8-25-9-5-14)26-19(28)15-6-10-27(11-7-15)31(29,30)16-2-3-18(21)17(12-16)20(22,23)24/h2-5,8-9,12-13,15H,6-7,10-11H2,1H3,(H,26,28). The second kappa shape index (κ2) is 9.13. The third-order valence-electron chi connectivity index (χ3n) is 5.27. The second-order valence-electron chi connectivity index (χ2n) is 7.33. The van der Waals surface area contributed by atoms with E-state index in [1.165, 1.54) is 0 Å². The summed E-state index contributed by atoms with van der Waals surface area (Å²) in [7, 11) is -4.14. The summed E-state index contributed by atoms with van der Waals surface area (Å²) < 4.78 is 66.0. The van der Waals surface area contributed by atoms with Gasteiger partial charge in [0.1, 0.15) is 0 Å². The van der Waals surface area contributed by atoms with Crippen molar-refractivity contribution < 1.29 is 26.4 Å². The van der Waals surface area contributed by atoms with Gasteiger partial charge in [-0.05, 0) is 55.7 Å². The number of nitrogens with zero attached hydrogens (tertiary/aromatic N) is 2. The number of halogens is 4. The minimum atomic E-state index is -4.76. The van der Waals surface area contributed by atoms with Crippen molar-refractivity contribution in [2.75, 3.05) is 13.1 Å². The Morgan fingerprint density at radius 1 is 1.19 bits per heavy atom. The van der Waals surface area contributed by atoms with Crippen molar-refractivity contribution >= 4 is 27.5 Å². The zero-order chi connectivity index (χ0) is 22.8. The third-order valence-corrected chi connectivity index (χ3v) is 7.49. The average Bonchev–Trinajstić information content (AvgIpc) is 2.73. The number of pyridine rings is 1. The summed E-state index contributed by atoms with van der Waals surface area (Å²) in [6.45, 7) is 1.91. The lowest BCUT2D eigenvalue weighted by Gasteiger charge is -2.31. The van der Waals surface area contributed by atoms with Gasteiger partial charge in [-0.15, -0.1) is 0 Å². The molecule has 3 rings (SSSR count). The first-order valence-electron chi connectivity index (χ1n) is 9.57. The molecular weight excluding hydrogens is 455 g/mol. The zero-order valence-corrected chi connectivity index (χ0v) is 18.1. The molecule has 1 saturated heterocycles. The molecule has 1 aliphatic heterocycles. The molecule has 0 bridgehead atoms. The maximum Gasteiger partial charge on any atom is 0.417 e. The van der Waals surface area contributed by atoms with Gasteiger partial charge >= 0.3 is 6.18 Å². The van der Waals surface area contributed by atoms with Gasteiger partial charge in [-0.3, -0.25) is 9.78 Å². The fraction of sp³-hybridized carbons (Fsp3) is 0.400. The largest absolute Gasteiger partial charge is 0.417 e. The Morgan fingerprint density at radius 2 is 1.81 bits per heavy atom. The van der Waals surface area contributed by atoms with E-state index in [2.05, 4.69) is 10.3 Å². The van der Waals surface area contributed by atoms with Gasteiger partial charge in [-0.25, -0.2) is 8.42 Å². The van der Waals surface area contributed by atoms with Crippen LogP contribution in [0.3, 0.4) is 0 Å². The number of carbonyl (C=O) groups is 1. The lowest BCUT2D eigenvalue weighted by Crippen LogP contribution is -2.43. The molecule has 168 valence electrons. The minimum Gasteiger partial charge on any atom is -0.349 e. The molecular formula is C20H21ClF3N3O3S. The SMILES string of the molecule is CC(NC(=O)C1CCN(S(=O)(=O)c2ccc(Cl)c(C(F)(F)F)c2)CC1)c1ccncc1. The van der Waals surface area contributed by atoms with Crippen molar-refractivity contribution in [1.82, 2.24) is 14.6 Å². The van der Waals surface area contributed by atoms with Gasteiger partial charge in [-0.1, -0.05) is 11.6 Å². The Kier molecular flexibility index (Phi) is 6.92. The smallest absolute Gasteiger partial charge is 0.349 e. The summed E-state index contributed by atoms with van der Waals surface area (Å²) in [5.74, 6) is -0.570. The molecule has 2 heterocycles. The summed E-state index contributed by atoms with van der Waals surface area (Å²) in [6, 6.07) is 5.89. The summed E-state index contributed by atoms with van der Waals surface area (Å²) in [5, 5.41) is 2.34. The fourth-order valence-electron chi connectivity index (χ4n) is 3.46. The molecule has 1 atom stereocenters. The number of nitrogens with one attached hydrogen (secondary N) is 1. The number of aromatic nitrogens is 1. The van der Waals surface area contributed by atoms with Gasteiger partial charge in [0, 0.05) is 31.4 Å². The van der Waals surface area contributed by atoms with Crippen LogP contribution in [-0.4, -0.2) is 36.7 Å². The number of sulfonamides is 1. The van der Waals surface area contributed by atoms with Gasteiger partial charge in [0.05, 0.1) is 21.5 Å². The first kappa shape index (κ1) is 23.5. The highest BCUT2D eigenvalue weighted by Crippen LogP contribution is 2.36. The van der Waals surface area contributed by atoms with Crippen LogP contribution in [0.4, 0.5) is 13.2 Å². The molecule has 1 aromatic carbocycles. The zero-order valence-electron chi connectivity index (χ0n) is 16.6. The average molecular weight is 476 g/mol. The lowest BCUT2D eigenvalue weighted by molar-refractivity contribution is -0.137. The van der Waals surface area contributed by atoms with Crippen molar-refractivity contribution in [3.05, 3.63) is 58.9 Å². The quantitative estimate of drug-likeness (QED) is 0.708. The highest BCUT2D eigenvalue weighted by atomic mass is 35.5. The number of rotatable bonds is 5. The van der Waals surface area contributed by atoms with Crippen molar-refractivity contribution in [3.63, 3.8) is 0 Å². The van der Waals surface area contributed by atoms with Crippen molar-refractivity contribution in [2.45, 2.75) is 36.9 Å². The molecule has 31 heavy (non-hydrogen) atoms. The summed E-state index contributed by atoms with van der Waals surface area (Å²) >= 11 is 5.58. The molecule has 11 heteroatoms. The molecule has 0 aliphatic carbocycles. The van der Waals surface area contributed by atoms with E-state index in [9.17, 15) is 26.4 Å². The van der Waals surface area contributed by atoms with Gasteiger partial charge in [0.15, 0.2) is 0 Å². The Morgan fingerprint density at radius 3 is 2.39 bits per heavy atom. The number of piperidine rings is 1. The number of hydrogen-bond acceptors (Lipinski definition) is 4. The van der Waals surface area contributed by atoms with Crippen LogP contribution in [0, 0.1) is 5.92 Å². The van der Waals surface area contributed by atoms with E-state index in [0.29, 0.717) is 6.07 Å². The van der Waals surface area contributed by atoms with E-state index in [1.54, 1.807) is 24.5 Å². The lowest BCUT2D eigenvalue weighted by atomic mass is 9.96. The third kappa shape index (κ3) is 5.36. The van der Waals surface area contributed by atoms with Crippen LogP contribution in [0.5, 0.6) is 0 Å². The van der Waals surface area contributed by atoms with Crippen LogP contribution < -0.4 is 5.32 Å². The second-order valence-corrected chi connectivity index (χ2v) is 9.67. The van der Waals surface area contributed by atoms with Gasteiger partial charge in [0.25, 0.3) is 0 Å². The Labute approximate surface area is 183 Å². The highest BCUT2D eigenvalue weighted by molar-refractivity contribution is 7.89. The van der Waals surface area contributed by atoms with Gasteiger partial charge in [0.2, 0.25) is 15.9 Å². The van der Waals surface area contributed by atoms with Crippen LogP contribution in [0.15, 0.2) is 47.6 Å². The van der Waals surface area contributed by atoms with E-state index in [4.69, 9.17) is 11.6 Å². The van der Waals surface area contributed by atoms with Crippen molar-refractivity contribution in [3.8, 4) is 0 Å². The number of hydrogen-bond donors (Lipinski definition) is 1. The number of alkyl halides is 3. The number of carbonyl (C=O) groups excluding carboxylic acids is 1. The molecule has 1 fully saturated rings. The maximum absolute atomic E-state index is 13.1. The number of benzene rings is 1. The molecule has 1 N–H and O–H groups in total. The van der Waals surface area contributed by atoms with Crippen LogP contribution in [0.25, 0.3) is 0 Å². The predicted octanol–water partition coefficient (Wildman–Crippen LogP) is 4.03. The first-order chi connectivity index (χ1) is 14.5. The molecule has 0 radical (unpaired) electrons. The number of amides is 1. The van der Waals surface area contributed by atoms with E-state index >= 15 is 0 Å². The van der Waals surface area contributed by atoms with Crippen LogP contribution in [-0.2, 0) is 21.0 Å². The van der Waals surface area contributed by atoms with Crippen molar-refractivity contribution in [2.24, 2.45) is 5.92 Å². The van der Waals surface area contributed by atoms with E-state index in [0.717, 1.165) is 22.0 Å². The molecule has 1 amide bonds. The van der Waals surface area contributed by atoms with Crippen LogP contribution >= 0.6 is 11.6 Å². The molecule has 0 saturated carbocycles. The summed E-state index contributed by atoms with van der Waals surface area (Å²) in [6.07, 6.45) is -0.967. The van der Waals surface area contributed by atoms with E-state index in [-0.39, 0.29) is 43.8 Å². The van der Waals surface area contributed by atoms with Crippen LogP contribution in [0.1, 0.15) is 36.9 Å². The normalized spacial score (nSPS) is 17.3. The van der Waals surface area contributed by atoms with E-state index < -0.39 is 31.7 Å². The Bertz CT molecular complexity index is 1040. The summed E-state index contributed by atoms with van der Waals surface area (Å²) in [4.78, 5) is 16.0. The predicted molar refractivity (Wildman–Crippen MR) is 109 cm³/mol. The minimum absolute atomic E-state index is 0.0357. The Balaban J connectivity index is 1.65. The topological polar surface area (TPSA) is 79.4 Å². The highest BCUT2D eigenvalue weighted by Gasteiger charge is 2.37. The first-order valence-corrected chi connectivity index (χ1v) is 11.4. The van der Waals surface area contributed by atoms with Crippen molar-refractivity contribution in [1.29, 1.82) is 0 Å². The molecule has 6 nitrogen and oxygen atoms in total. The van der Waals surface area contributed by atoms with Gasteiger partial charge in [-0.2, -0.15) is 17.5 Å². The van der Waals surface area contributed by atoms with E-state index in [1.807, 2.05) is 6.92 Å². The van der Waals surface area contributed by atoms with Gasteiger partial charge < -0.3 is 5.32 Å². The Hall–Kier alpha value is -2.17. The molecule has 0 spiro atoms. The fourth-order valence-corrected chi connectivity index (χ4v) is 5.18. The molecule has 1 aliphatic rings. The molecule has 2 aromatic rings. The van der Waals surface area contributed by atoms with Crippen LogP contribution in [0.2, 0.25) is 5.02 Å².